The first kappa shape index (κ1) is 10.7. The van der Waals surface area contributed by atoms with E-state index in [9.17, 15) is 0 Å². The summed E-state index contributed by atoms with van der Waals surface area (Å²) < 4.78 is 0. The molecule has 0 heterocycles. The van der Waals surface area contributed by atoms with Crippen molar-refractivity contribution in [2.75, 3.05) is 0 Å². The lowest BCUT2D eigenvalue weighted by atomic mass is 10.0. The monoisotopic (exact) mass is 208 g/mol. The first-order chi connectivity index (χ1) is 7.79. The highest BCUT2D eigenvalue weighted by atomic mass is 14.1. The molecule has 0 aliphatic heterocycles. The highest BCUT2D eigenvalue weighted by Crippen LogP contribution is 2.22. The van der Waals surface area contributed by atoms with Crippen molar-refractivity contribution in [1.82, 2.24) is 0 Å². The molecule has 0 bridgehead atoms. The van der Waals surface area contributed by atoms with Crippen LogP contribution in [0.2, 0.25) is 0 Å². The van der Waals surface area contributed by atoms with Crippen molar-refractivity contribution < 1.29 is 0 Å². The van der Waals surface area contributed by atoms with Crippen LogP contribution in [0.4, 0.5) is 0 Å². The Morgan fingerprint density at radius 2 is 2.19 bits per heavy atom. The lowest BCUT2D eigenvalue weighted by Crippen LogP contribution is -1.82. The summed E-state index contributed by atoms with van der Waals surface area (Å²) >= 11 is 0. The molecule has 0 heteroatoms. The normalized spacial score (nSPS) is 15.1. The lowest BCUT2D eigenvalue weighted by Gasteiger charge is -2.03. The van der Waals surface area contributed by atoms with Crippen LogP contribution in [-0.4, -0.2) is 0 Å². The van der Waals surface area contributed by atoms with Crippen LogP contribution in [0, 0.1) is 0 Å². The van der Waals surface area contributed by atoms with E-state index in [-0.39, 0.29) is 0 Å². The van der Waals surface area contributed by atoms with Crippen molar-refractivity contribution in [3.8, 4) is 0 Å². The first-order valence-electron chi connectivity index (χ1n) is 5.56. The number of rotatable bonds is 2. The van der Waals surface area contributed by atoms with E-state index in [1.54, 1.807) is 0 Å². The summed E-state index contributed by atoms with van der Waals surface area (Å²) in [4.78, 5) is 0. The second-order valence-corrected chi connectivity index (χ2v) is 4.07. The van der Waals surface area contributed by atoms with Gasteiger partial charge in [0.2, 0.25) is 0 Å². The van der Waals surface area contributed by atoms with Crippen LogP contribution in [0.5, 0.6) is 0 Å². The summed E-state index contributed by atoms with van der Waals surface area (Å²) in [5.74, 6) is 0. The standard InChI is InChI=1S/C16H16/c1-3-14-7-5-9-16(12-14)15-8-4-6-13(2)10-11-15/h3-9,11-12H,1,10H2,2H3. The fourth-order valence-electron chi connectivity index (χ4n) is 1.78. The van der Waals surface area contributed by atoms with Gasteiger partial charge < -0.3 is 0 Å². The van der Waals surface area contributed by atoms with Gasteiger partial charge in [-0.2, -0.15) is 0 Å². The summed E-state index contributed by atoms with van der Waals surface area (Å²) in [6, 6.07) is 8.46. The Labute approximate surface area is 97.3 Å². The predicted molar refractivity (Wildman–Crippen MR) is 72.0 cm³/mol. The topological polar surface area (TPSA) is 0 Å². The fourth-order valence-corrected chi connectivity index (χ4v) is 1.78. The second-order valence-electron chi connectivity index (χ2n) is 4.07. The third kappa shape index (κ3) is 2.40. The summed E-state index contributed by atoms with van der Waals surface area (Å²) in [5, 5.41) is 0. The molecule has 80 valence electrons. The Morgan fingerprint density at radius 3 is 3.00 bits per heavy atom. The van der Waals surface area contributed by atoms with E-state index in [1.807, 2.05) is 6.08 Å². The molecule has 0 atom stereocenters. The van der Waals surface area contributed by atoms with E-state index in [0.29, 0.717) is 0 Å². The first-order valence-corrected chi connectivity index (χ1v) is 5.56. The Hall–Kier alpha value is -1.82. The van der Waals surface area contributed by atoms with Crippen LogP contribution in [0.1, 0.15) is 24.5 Å². The summed E-state index contributed by atoms with van der Waals surface area (Å²) in [6.07, 6.45) is 11.6. The lowest BCUT2D eigenvalue weighted by molar-refractivity contribution is 1.22. The molecule has 0 radical (unpaired) electrons. The van der Waals surface area contributed by atoms with Crippen LogP contribution in [0.3, 0.4) is 0 Å². The van der Waals surface area contributed by atoms with E-state index in [0.717, 1.165) is 6.42 Å². The molecule has 1 aliphatic rings. The molecule has 0 nitrogen and oxygen atoms in total. The molecule has 2 rings (SSSR count). The maximum absolute atomic E-state index is 3.80. The molecule has 0 saturated heterocycles. The minimum Gasteiger partial charge on any atom is -0.0985 e. The number of benzene rings is 1. The van der Waals surface area contributed by atoms with E-state index in [4.69, 9.17) is 0 Å². The molecule has 0 unspecified atom stereocenters. The minimum absolute atomic E-state index is 1.03. The van der Waals surface area contributed by atoms with Crippen LogP contribution >= 0.6 is 0 Å². The molecule has 0 saturated carbocycles. The molecular weight excluding hydrogens is 192 g/mol. The minimum atomic E-state index is 1.03. The Balaban J connectivity index is 2.34. The van der Waals surface area contributed by atoms with Gasteiger partial charge in [-0.3, -0.25) is 0 Å². The van der Waals surface area contributed by atoms with Gasteiger partial charge in [-0.15, -0.1) is 0 Å². The van der Waals surface area contributed by atoms with Crippen LogP contribution < -0.4 is 0 Å². The zero-order chi connectivity index (χ0) is 11.4. The molecule has 1 aromatic carbocycles. The number of hydrogen-bond donors (Lipinski definition) is 0. The van der Waals surface area contributed by atoms with Gasteiger partial charge in [-0.1, -0.05) is 60.7 Å². The van der Waals surface area contributed by atoms with E-state index in [2.05, 4.69) is 62.1 Å². The predicted octanol–water partition coefficient (Wildman–Crippen LogP) is 4.62. The largest absolute Gasteiger partial charge is 0.0985 e. The zero-order valence-electron chi connectivity index (χ0n) is 9.61. The Kier molecular flexibility index (Phi) is 3.21. The van der Waals surface area contributed by atoms with Gasteiger partial charge in [0.15, 0.2) is 0 Å². The number of hydrogen-bond acceptors (Lipinski definition) is 0. The summed E-state index contributed by atoms with van der Waals surface area (Å²) in [5.41, 5.74) is 5.11. The van der Waals surface area contributed by atoms with E-state index < -0.39 is 0 Å². The van der Waals surface area contributed by atoms with Crippen molar-refractivity contribution in [2.45, 2.75) is 13.3 Å². The van der Waals surface area contributed by atoms with Gasteiger partial charge >= 0.3 is 0 Å². The maximum atomic E-state index is 3.80. The quantitative estimate of drug-likeness (QED) is 0.665. The fraction of sp³-hybridized carbons (Fsp3) is 0.125. The molecule has 0 fully saturated rings. The third-order valence-electron chi connectivity index (χ3n) is 2.76. The molecule has 0 N–H and O–H groups in total. The highest BCUT2D eigenvalue weighted by Gasteiger charge is 2.00. The summed E-state index contributed by atoms with van der Waals surface area (Å²) in [6.45, 7) is 5.96. The van der Waals surface area contributed by atoms with Crippen LogP contribution in [0.25, 0.3) is 11.6 Å². The maximum Gasteiger partial charge on any atom is -0.0129 e. The van der Waals surface area contributed by atoms with Gasteiger partial charge in [0.05, 0.1) is 0 Å². The number of allylic oxidation sites excluding steroid dienone is 6. The highest BCUT2D eigenvalue weighted by molar-refractivity contribution is 5.76. The van der Waals surface area contributed by atoms with Gasteiger partial charge in [0, 0.05) is 0 Å². The molecular formula is C16H16. The van der Waals surface area contributed by atoms with Crippen LogP contribution in [0.15, 0.2) is 60.7 Å². The average molecular weight is 208 g/mol. The van der Waals surface area contributed by atoms with Crippen molar-refractivity contribution in [3.05, 3.63) is 71.8 Å². The molecule has 0 aromatic heterocycles. The van der Waals surface area contributed by atoms with Gasteiger partial charge in [0.1, 0.15) is 0 Å². The zero-order valence-corrected chi connectivity index (χ0v) is 9.61. The molecule has 1 aromatic rings. The van der Waals surface area contributed by atoms with Crippen molar-refractivity contribution in [1.29, 1.82) is 0 Å². The smallest absolute Gasteiger partial charge is 0.0129 e. The van der Waals surface area contributed by atoms with E-state index in [1.165, 1.54) is 22.3 Å². The second kappa shape index (κ2) is 4.80. The molecule has 0 spiro atoms. The molecule has 1 aliphatic carbocycles. The van der Waals surface area contributed by atoms with Gasteiger partial charge in [-0.25, -0.2) is 0 Å². The van der Waals surface area contributed by atoms with Gasteiger partial charge in [0.25, 0.3) is 0 Å². The SMILES string of the molecule is C=Cc1cccc(C2=CCC(C)=CC=C2)c1. The summed E-state index contributed by atoms with van der Waals surface area (Å²) in [7, 11) is 0. The molecule has 0 amide bonds. The average Bonchev–Trinajstić information content (AvgIpc) is 2.54. The van der Waals surface area contributed by atoms with Crippen molar-refractivity contribution in [2.24, 2.45) is 0 Å². The van der Waals surface area contributed by atoms with Crippen molar-refractivity contribution in [3.63, 3.8) is 0 Å². The molecule has 16 heavy (non-hydrogen) atoms. The van der Waals surface area contributed by atoms with Crippen molar-refractivity contribution >= 4 is 11.6 Å². The van der Waals surface area contributed by atoms with Crippen LogP contribution in [-0.2, 0) is 0 Å². The third-order valence-corrected chi connectivity index (χ3v) is 2.76. The Morgan fingerprint density at radius 1 is 1.31 bits per heavy atom. The van der Waals surface area contributed by atoms with Gasteiger partial charge in [-0.05, 0) is 36.1 Å². The Bertz CT molecular complexity index is 485. The van der Waals surface area contributed by atoms with E-state index >= 15 is 0 Å².